The second-order valence-corrected chi connectivity index (χ2v) is 5.03. The molecule has 0 atom stereocenters. The van der Waals surface area contributed by atoms with Gasteiger partial charge in [-0.2, -0.15) is 0 Å². The number of hydrogen-bond donors (Lipinski definition) is 0. The Labute approximate surface area is 141 Å². The standard InChI is InChI=1S/C16H12ClNO6/c1-23-15-5-3-2-4-12(15)14(19)9-24-16(20)11-7-6-10(18(21)22)8-13(11)17/h2-8H,9H2,1H3. The third-order valence-electron chi connectivity index (χ3n) is 3.13. The zero-order chi connectivity index (χ0) is 17.7. The Bertz CT molecular complexity index is 805. The largest absolute Gasteiger partial charge is 0.496 e. The molecule has 0 bridgehead atoms. The van der Waals surface area contributed by atoms with E-state index in [1.807, 2.05) is 0 Å². The number of ketones is 1. The number of esters is 1. The molecule has 2 rings (SSSR count). The lowest BCUT2D eigenvalue weighted by molar-refractivity contribution is -0.384. The van der Waals surface area contributed by atoms with Crippen LogP contribution in [0.5, 0.6) is 5.75 Å². The molecule has 8 heteroatoms. The molecule has 0 fully saturated rings. The van der Waals surface area contributed by atoms with Crippen LogP contribution >= 0.6 is 11.6 Å². The molecule has 0 N–H and O–H groups in total. The minimum Gasteiger partial charge on any atom is -0.496 e. The van der Waals surface area contributed by atoms with E-state index in [1.165, 1.54) is 13.2 Å². The predicted octanol–water partition coefficient (Wildman–Crippen LogP) is 3.30. The topological polar surface area (TPSA) is 95.7 Å². The molecule has 7 nitrogen and oxygen atoms in total. The Morgan fingerprint density at radius 2 is 1.88 bits per heavy atom. The van der Waals surface area contributed by atoms with Crippen LogP contribution in [0.25, 0.3) is 0 Å². The van der Waals surface area contributed by atoms with Crippen LogP contribution in [0, 0.1) is 10.1 Å². The fraction of sp³-hybridized carbons (Fsp3) is 0.125. The zero-order valence-electron chi connectivity index (χ0n) is 12.5. The summed E-state index contributed by atoms with van der Waals surface area (Å²) >= 11 is 5.84. The molecule has 2 aromatic carbocycles. The van der Waals surface area contributed by atoms with Gasteiger partial charge in [0, 0.05) is 12.1 Å². The quantitative estimate of drug-likeness (QED) is 0.343. The molecule has 2 aromatic rings. The first kappa shape index (κ1) is 17.4. The molecule has 0 aliphatic carbocycles. The second-order valence-electron chi connectivity index (χ2n) is 4.62. The fourth-order valence-corrected chi connectivity index (χ4v) is 2.20. The number of halogens is 1. The highest BCUT2D eigenvalue weighted by Crippen LogP contribution is 2.23. The first-order chi connectivity index (χ1) is 11.4. The van der Waals surface area contributed by atoms with Crippen molar-refractivity contribution in [1.82, 2.24) is 0 Å². The summed E-state index contributed by atoms with van der Waals surface area (Å²) in [6.45, 7) is -0.507. The smallest absolute Gasteiger partial charge is 0.340 e. The van der Waals surface area contributed by atoms with Gasteiger partial charge in [0.1, 0.15) is 5.75 Å². The van der Waals surface area contributed by atoms with E-state index in [9.17, 15) is 19.7 Å². The normalized spacial score (nSPS) is 10.1. The summed E-state index contributed by atoms with van der Waals surface area (Å²) in [4.78, 5) is 34.1. The minimum absolute atomic E-state index is 0.0601. The van der Waals surface area contributed by atoms with E-state index >= 15 is 0 Å². The van der Waals surface area contributed by atoms with Gasteiger partial charge in [0.15, 0.2) is 6.61 Å². The lowest BCUT2D eigenvalue weighted by atomic mass is 10.1. The number of methoxy groups -OCH3 is 1. The van der Waals surface area contributed by atoms with Crippen LogP contribution in [-0.4, -0.2) is 30.4 Å². The van der Waals surface area contributed by atoms with Crippen molar-refractivity contribution in [2.45, 2.75) is 0 Å². The lowest BCUT2D eigenvalue weighted by Crippen LogP contribution is -2.15. The number of ether oxygens (including phenoxy) is 2. The molecule has 0 unspecified atom stereocenters. The van der Waals surface area contributed by atoms with Gasteiger partial charge < -0.3 is 9.47 Å². The molecule has 124 valence electrons. The van der Waals surface area contributed by atoms with Crippen molar-refractivity contribution >= 4 is 29.0 Å². The Hall–Kier alpha value is -2.93. The molecule has 0 heterocycles. The molecule has 0 aliphatic rings. The Balaban J connectivity index is 2.08. The van der Waals surface area contributed by atoms with Crippen LogP contribution in [0.3, 0.4) is 0 Å². The molecule has 0 saturated heterocycles. The highest BCUT2D eigenvalue weighted by atomic mass is 35.5. The lowest BCUT2D eigenvalue weighted by Gasteiger charge is -2.08. The first-order valence-corrected chi connectivity index (χ1v) is 7.09. The van der Waals surface area contributed by atoms with E-state index in [4.69, 9.17) is 21.1 Å². The van der Waals surface area contributed by atoms with Crippen LogP contribution in [0.2, 0.25) is 5.02 Å². The van der Waals surface area contributed by atoms with E-state index in [-0.39, 0.29) is 21.8 Å². The maximum Gasteiger partial charge on any atom is 0.340 e. The van der Waals surface area contributed by atoms with E-state index in [1.54, 1.807) is 24.3 Å². The third-order valence-corrected chi connectivity index (χ3v) is 3.44. The van der Waals surface area contributed by atoms with Crippen molar-refractivity contribution in [2.75, 3.05) is 13.7 Å². The van der Waals surface area contributed by atoms with Crippen molar-refractivity contribution in [3.05, 3.63) is 68.7 Å². The number of benzene rings is 2. The van der Waals surface area contributed by atoms with Crippen molar-refractivity contribution in [1.29, 1.82) is 0 Å². The number of para-hydroxylation sites is 1. The molecule has 0 spiro atoms. The number of nitro groups is 1. The molecule has 0 aliphatic heterocycles. The Morgan fingerprint density at radius 1 is 1.17 bits per heavy atom. The van der Waals surface area contributed by atoms with Gasteiger partial charge in [0.2, 0.25) is 5.78 Å². The second kappa shape index (κ2) is 7.56. The van der Waals surface area contributed by atoms with Crippen molar-refractivity contribution in [2.24, 2.45) is 0 Å². The maximum absolute atomic E-state index is 12.1. The van der Waals surface area contributed by atoms with Gasteiger partial charge in [0.25, 0.3) is 5.69 Å². The zero-order valence-corrected chi connectivity index (χ0v) is 13.3. The van der Waals surface area contributed by atoms with Gasteiger partial charge in [-0.1, -0.05) is 23.7 Å². The molecule has 24 heavy (non-hydrogen) atoms. The average molecular weight is 350 g/mol. The summed E-state index contributed by atoms with van der Waals surface area (Å²) < 4.78 is 9.99. The number of nitrogens with zero attached hydrogens (tertiary/aromatic N) is 1. The van der Waals surface area contributed by atoms with E-state index in [2.05, 4.69) is 0 Å². The summed E-state index contributed by atoms with van der Waals surface area (Å²) in [6.07, 6.45) is 0. The summed E-state index contributed by atoms with van der Waals surface area (Å²) in [6, 6.07) is 9.88. The van der Waals surface area contributed by atoms with E-state index < -0.39 is 23.3 Å². The van der Waals surface area contributed by atoms with Crippen LogP contribution < -0.4 is 4.74 Å². The van der Waals surface area contributed by atoms with Crippen molar-refractivity contribution in [3.63, 3.8) is 0 Å². The van der Waals surface area contributed by atoms with Crippen molar-refractivity contribution < 1.29 is 24.0 Å². The van der Waals surface area contributed by atoms with Gasteiger partial charge in [-0.25, -0.2) is 4.79 Å². The minimum atomic E-state index is -0.849. The SMILES string of the molecule is COc1ccccc1C(=O)COC(=O)c1ccc([N+](=O)[O-])cc1Cl. The number of carbonyl (C=O) groups is 2. The van der Waals surface area contributed by atoms with Gasteiger partial charge in [-0.3, -0.25) is 14.9 Å². The average Bonchev–Trinajstić information content (AvgIpc) is 2.59. The highest BCUT2D eigenvalue weighted by molar-refractivity contribution is 6.33. The molecule has 0 aromatic heterocycles. The number of nitro benzene ring substituents is 1. The molecule has 0 amide bonds. The number of Topliss-reactive ketones (excluding diaryl/α,β-unsaturated/α-hetero) is 1. The first-order valence-electron chi connectivity index (χ1n) is 6.71. The van der Waals surface area contributed by atoms with Gasteiger partial charge >= 0.3 is 5.97 Å². The summed E-state index contributed by atoms with van der Waals surface area (Å²) in [5.41, 5.74) is -0.0284. The number of rotatable bonds is 6. The highest BCUT2D eigenvalue weighted by Gasteiger charge is 2.18. The number of non-ortho nitro benzene ring substituents is 1. The van der Waals surface area contributed by atoms with Crippen LogP contribution in [0.15, 0.2) is 42.5 Å². The maximum atomic E-state index is 12.1. The van der Waals surface area contributed by atoms with Crippen LogP contribution in [-0.2, 0) is 4.74 Å². The summed E-state index contributed by atoms with van der Waals surface area (Å²) in [5, 5.41) is 10.5. The third kappa shape index (κ3) is 3.88. The van der Waals surface area contributed by atoms with Crippen LogP contribution in [0.1, 0.15) is 20.7 Å². The Morgan fingerprint density at radius 3 is 2.50 bits per heavy atom. The van der Waals surface area contributed by atoms with Crippen LogP contribution in [0.4, 0.5) is 5.69 Å². The monoisotopic (exact) mass is 349 g/mol. The molecular weight excluding hydrogens is 338 g/mol. The van der Waals surface area contributed by atoms with Gasteiger partial charge in [0.05, 0.1) is 28.2 Å². The molecule has 0 radical (unpaired) electrons. The molecule has 0 saturated carbocycles. The Kier molecular flexibility index (Phi) is 5.49. The predicted molar refractivity (Wildman–Crippen MR) is 85.7 cm³/mol. The number of carbonyl (C=O) groups excluding carboxylic acids is 2. The fourth-order valence-electron chi connectivity index (χ4n) is 1.94. The summed E-state index contributed by atoms with van der Waals surface area (Å²) in [5.74, 6) is -0.927. The number of hydrogen-bond acceptors (Lipinski definition) is 6. The van der Waals surface area contributed by atoms with Crippen molar-refractivity contribution in [3.8, 4) is 5.75 Å². The summed E-state index contributed by atoms with van der Waals surface area (Å²) in [7, 11) is 1.43. The molecular formula is C16H12ClNO6. The van der Waals surface area contributed by atoms with Gasteiger partial charge in [-0.05, 0) is 18.2 Å². The van der Waals surface area contributed by atoms with E-state index in [0.29, 0.717) is 5.75 Å². The van der Waals surface area contributed by atoms with Gasteiger partial charge in [-0.15, -0.1) is 0 Å². The van der Waals surface area contributed by atoms with E-state index in [0.717, 1.165) is 12.1 Å².